The fraction of sp³-hybridized carbons (Fsp3) is 0. The normalized spacial score (nSPS) is 10.3. The van der Waals surface area contributed by atoms with Crippen LogP contribution in [0.3, 0.4) is 0 Å². The van der Waals surface area contributed by atoms with E-state index < -0.39 is 17.8 Å². The predicted molar refractivity (Wildman–Crippen MR) is 58.6 cm³/mol. The standard InChI is InChI=1S/C11H8ClNO5/c12-8-2-1-6(5-7(8)11(17)18)13-9(14)3-4-10(15)16/h1-5H,(H,13,14)(H,15,16)(H,17,18)/p-2/b4-3+. The number of nitrogens with one attached hydrogen (secondary N) is 1. The topological polar surface area (TPSA) is 109 Å². The fourth-order valence-corrected chi connectivity index (χ4v) is 1.28. The molecule has 94 valence electrons. The Morgan fingerprint density at radius 1 is 1.17 bits per heavy atom. The average Bonchev–Trinajstić information content (AvgIpc) is 2.28. The number of hydrogen-bond donors (Lipinski definition) is 1. The van der Waals surface area contributed by atoms with Crippen LogP contribution in [0.5, 0.6) is 0 Å². The third kappa shape index (κ3) is 3.91. The largest absolute Gasteiger partial charge is 0.545 e. The number of carboxylic acid groups (broad SMARTS) is 2. The average molecular weight is 268 g/mol. The van der Waals surface area contributed by atoms with Gasteiger partial charge in [-0.25, -0.2) is 0 Å². The van der Waals surface area contributed by atoms with Crippen molar-refractivity contribution in [3.8, 4) is 0 Å². The summed E-state index contributed by atoms with van der Waals surface area (Å²) in [4.78, 5) is 31.9. The fourth-order valence-electron chi connectivity index (χ4n) is 1.09. The maximum atomic E-state index is 11.2. The zero-order chi connectivity index (χ0) is 13.7. The van der Waals surface area contributed by atoms with Crippen LogP contribution >= 0.6 is 11.6 Å². The molecular weight excluding hydrogens is 262 g/mol. The van der Waals surface area contributed by atoms with Crippen LogP contribution in [0.4, 0.5) is 5.69 Å². The second-order valence-electron chi connectivity index (χ2n) is 3.12. The first-order chi connectivity index (χ1) is 8.40. The summed E-state index contributed by atoms with van der Waals surface area (Å²) < 4.78 is 0. The van der Waals surface area contributed by atoms with Gasteiger partial charge in [-0.15, -0.1) is 0 Å². The van der Waals surface area contributed by atoms with Crippen molar-refractivity contribution in [2.24, 2.45) is 0 Å². The lowest BCUT2D eigenvalue weighted by Gasteiger charge is -2.08. The maximum absolute atomic E-state index is 11.2. The van der Waals surface area contributed by atoms with Gasteiger partial charge in [-0.2, -0.15) is 0 Å². The predicted octanol–water partition coefficient (Wildman–Crippen LogP) is -1.05. The molecule has 18 heavy (non-hydrogen) atoms. The molecule has 0 fully saturated rings. The van der Waals surface area contributed by atoms with Crippen molar-refractivity contribution in [1.29, 1.82) is 0 Å². The van der Waals surface area contributed by atoms with Gasteiger partial charge in [0.15, 0.2) is 0 Å². The molecule has 1 N–H and O–H groups in total. The molecular formula is C11H6ClNO5-2. The minimum atomic E-state index is -1.52. The van der Waals surface area contributed by atoms with E-state index in [2.05, 4.69) is 5.32 Å². The van der Waals surface area contributed by atoms with E-state index in [1.165, 1.54) is 12.1 Å². The van der Waals surface area contributed by atoms with Gasteiger partial charge in [0, 0.05) is 22.3 Å². The number of hydrogen-bond acceptors (Lipinski definition) is 5. The van der Waals surface area contributed by atoms with Crippen LogP contribution in [0.1, 0.15) is 10.4 Å². The number of carboxylic acids is 2. The molecule has 0 aliphatic carbocycles. The molecule has 0 saturated carbocycles. The molecule has 0 atom stereocenters. The summed E-state index contributed by atoms with van der Waals surface area (Å²) in [5, 5.41) is 23.0. The van der Waals surface area contributed by atoms with Crippen molar-refractivity contribution < 1.29 is 24.6 Å². The lowest BCUT2D eigenvalue weighted by molar-refractivity contribution is -0.297. The van der Waals surface area contributed by atoms with Gasteiger partial charge >= 0.3 is 0 Å². The first-order valence-corrected chi connectivity index (χ1v) is 4.99. The van der Waals surface area contributed by atoms with Crippen LogP contribution in [0, 0.1) is 0 Å². The summed E-state index contributed by atoms with van der Waals surface area (Å²) in [6.07, 6.45) is 1.29. The quantitative estimate of drug-likeness (QED) is 0.700. The molecule has 0 aromatic heterocycles. The lowest BCUT2D eigenvalue weighted by atomic mass is 10.2. The molecule has 7 heteroatoms. The number of carbonyl (C=O) groups excluding carboxylic acids is 3. The van der Waals surface area contributed by atoms with Crippen molar-refractivity contribution in [1.82, 2.24) is 0 Å². The van der Waals surface area contributed by atoms with Crippen molar-refractivity contribution in [3.05, 3.63) is 40.9 Å². The Morgan fingerprint density at radius 2 is 1.83 bits per heavy atom. The molecule has 1 aromatic rings. The summed E-state index contributed by atoms with van der Waals surface area (Å²) in [5.74, 6) is -3.75. The summed E-state index contributed by atoms with van der Waals surface area (Å²) in [5.41, 5.74) is -0.134. The Hall–Kier alpha value is -2.34. The highest BCUT2D eigenvalue weighted by Gasteiger charge is 2.04. The summed E-state index contributed by atoms with van der Waals surface area (Å²) >= 11 is 5.60. The molecule has 0 heterocycles. The molecule has 0 aliphatic rings. The van der Waals surface area contributed by atoms with Gasteiger partial charge in [-0.3, -0.25) is 4.79 Å². The van der Waals surface area contributed by atoms with E-state index in [0.29, 0.717) is 6.08 Å². The molecule has 0 aliphatic heterocycles. The number of anilines is 1. The number of rotatable bonds is 4. The number of carbonyl (C=O) groups is 3. The Balaban J connectivity index is 2.86. The number of benzene rings is 1. The van der Waals surface area contributed by atoms with Crippen molar-refractivity contribution in [2.45, 2.75) is 0 Å². The highest BCUT2D eigenvalue weighted by Crippen LogP contribution is 2.19. The van der Waals surface area contributed by atoms with Crippen molar-refractivity contribution in [2.75, 3.05) is 5.32 Å². The van der Waals surface area contributed by atoms with Crippen LogP contribution < -0.4 is 15.5 Å². The molecule has 0 unspecified atom stereocenters. The van der Waals surface area contributed by atoms with E-state index in [1.54, 1.807) is 0 Å². The number of amides is 1. The molecule has 0 bridgehead atoms. The lowest BCUT2D eigenvalue weighted by Crippen LogP contribution is -2.23. The molecule has 1 aromatic carbocycles. The van der Waals surface area contributed by atoms with Crippen LogP contribution in [-0.2, 0) is 9.59 Å². The Labute approximate surface area is 106 Å². The summed E-state index contributed by atoms with van der Waals surface area (Å²) in [6, 6.07) is 3.73. The molecule has 1 rings (SSSR count). The van der Waals surface area contributed by atoms with Crippen molar-refractivity contribution >= 4 is 35.1 Å². The van der Waals surface area contributed by atoms with Crippen LogP contribution in [0.25, 0.3) is 0 Å². The molecule has 0 saturated heterocycles. The molecule has 6 nitrogen and oxygen atoms in total. The zero-order valence-electron chi connectivity index (χ0n) is 8.81. The van der Waals surface area contributed by atoms with E-state index in [9.17, 15) is 24.6 Å². The Bertz CT molecular complexity index is 538. The Morgan fingerprint density at radius 3 is 2.39 bits per heavy atom. The Kier molecular flexibility index (Phi) is 4.45. The third-order valence-corrected chi connectivity index (χ3v) is 2.15. The highest BCUT2D eigenvalue weighted by molar-refractivity contribution is 6.33. The molecule has 0 spiro atoms. The van der Waals surface area contributed by atoms with Crippen LogP contribution in [0.15, 0.2) is 30.4 Å². The number of aliphatic carboxylic acids is 1. The second kappa shape index (κ2) is 5.83. The zero-order valence-corrected chi connectivity index (χ0v) is 9.56. The van der Waals surface area contributed by atoms with Gasteiger partial charge < -0.3 is 25.1 Å². The first-order valence-electron chi connectivity index (χ1n) is 4.61. The number of halogens is 1. The molecule has 1 amide bonds. The van der Waals surface area contributed by atoms with Gasteiger partial charge in [0.25, 0.3) is 0 Å². The minimum Gasteiger partial charge on any atom is -0.545 e. The number of aromatic carboxylic acids is 1. The van der Waals surface area contributed by atoms with Gasteiger partial charge in [0.1, 0.15) is 0 Å². The highest BCUT2D eigenvalue weighted by atomic mass is 35.5. The van der Waals surface area contributed by atoms with Gasteiger partial charge in [-0.05, 0) is 24.3 Å². The molecule has 0 radical (unpaired) electrons. The van der Waals surface area contributed by atoms with Crippen LogP contribution in [-0.4, -0.2) is 17.8 Å². The van der Waals surface area contributed by atoms with E-state index in [1.807, 2.05) is 0 Å². The van der Waals surface area contributed by atoms with E-state index in [4.69, 9.17) is 11.6 Å². The summed E-state index contributed by atoms with van der Waals surface area (Å²) in [7, 11) is 0. The first kappa shape index (κ1) is 13.7. The van der Waals surface area contributed by atoms with E-state index in [-0.39, 0.29) is 16.3 Å². The monoisotopic (exact) mass is 267 g/mol. The van der Waals surface area contributed by atoms with Gasteiger partial charge in [-0.1, -0.05) is 11.6 Å². The van der Waals surface area contributed by atoms with E-state index in [0.717, 1.165) is 12.1 Å². The third-order valence-electron chi connectivity index (χ3n) is 1.82. The smallest absolute Gasteiger partial charge is 0.248 e. The van der Waals surface area contributed by atoms with Gasteiger partial charge in [0.05, 0.1) is 11.9 Å². The maximum Gasteiger partial charge on any atom is 0.248 e. The second-order valence-corrected chi connectivity index (χ2v) is 3.53. The summed E-state index contributed by atoms with van der Waals surface area (Å²) in [6.45, 7) is 0. The minimum absolute atomic E-state index is 0.0294. The van der Waals surface area contributed by atoms with Crippen molar-refractivity contribution in [3.63, 3.8) is 0 Å². The van der Waals surface area contributed by atoms with E-state index >= 15 is 0 Å². The van der Waals surface area contributed by atoms with Crippen LogP contribution in [0.2, 0.25) is 5.02 Å². The SMILES string of the molecule is O=C([O-])/C=C/C(=O)Nc1ccc(Cl)c(C(=O)[O-])c1. The van der Waals surface area contributed by atoms with Gasteiger partial charge in [0.2, 0.25) is 5.91 Å².